The first-order valence-electron chi connectivity index (χ1n) is 6.70. The number of hydrogen-bond donors (Lipinski definition) is 3. The summed E-state index contributed by atoms with van der Waals surface area (Å²) >= 11 is 0. The number of nitrogens with one attached hydrogen (secondary N) is 2. The van der Waals surface area contributed by atoms with Crippen molar-refractivity contribution in [1.82, 2.24) is 5.32 Å². The zero-order chi connectivity index (χ0) is 16.8. The standard InChI is InChI=1S/C14H19F3N2O3/c1-9-3-4-11(12(7-9)22-8-14(15,16)17)19-13(21)18-6-5-10(2)20/h3-4,7,10,20H,5-6,8H2,1-2H3,(H2,18,19,21). The summed E-state index contributed by atoms with van der Waals surface area (Å²) in [6.07, 6.45) is -4.63. The molecule has 0 aromatic heterocycles. The summed E-state index contributed by atoms with van der Waals surface area (Å²) in [5.74, 6) is -0.0528. The third-order valence-corrected chi connectivity index (χ3v) is 2.62. The lowest BCUT2D eigenvalue weighted by Crippen LogP contribution is -2.31. The molecule has 0 saturated carbocycles. The fourth-order valence-electron chi connectivity index (χ4n) is 1.57. The first-order valence-corrected chi connectivity index (χ1v) is 6.70. The molecular formula is C14H19F3N2O3. The van der Waals surface area contributed by atoms with Crippen LogP contribution in [-0.2, 0) is 0 Å². The molecule has 3 N–H and O–H groups in total. The van der Waals surface area contributed by atoms with E-state index in [4.69, 9.17) is 9.84 Å². The fraction of sp³-hybridized carbons (Fsp3) is 0.500. The van der Waals surface area contributed by atoms with Gasteiger partial charge in [0.05, 0.1) is 11.8 Å². The molecule has 1 atom stereocenters. The van der Waals surface area contributed by atoms with E-state index in [1.807, 2.05) is 0 Å². The number of ether oxygens (including phenoxy) is 1. The zero-order valence-electron chi connectivity index (χ0n) is 12.3. The maximum Gasteiger partial charge on any atom is 0.422 e. The molecule has 1 aromatic rings. The molecule has 0 aliphatic heterocycles. The topological polar surface area (TPSA) is 70.6 Å². The number of halogens is 3. The smallest absolute Gasteiger partial charge is 0.422 e. The molecule has 0 bridgehead atoms. The second kappa shape index (κ2) is 7.88. The highest BCUT2D eigenvalue weighted by atomic mass is 19.4. The van der Waals surface area contributed by atoms with E-state index in [9.17, 15) is 18.0 Å². The number of rotatable bonds is 6. The van der Waals surface area contributed by atoms with Gasteiger partial charge in [0, 0.05) is 6.54 Å². The minimum Gasteiger partial charge on any atom is -0.482 e. The Morgan fingerprint density at radius 2 is 2.09 bits per heavy atom. The van der Waals surface area contributed by atoms with Crippen LogP contribution in [0.25, 0.3) is 0 Å². The summed E-state index contributed by atoms with van der Waals surface area (Å²) in [4.78, 5) is 11.7. The molecule has 0 heterocycles. The van der Waals surface area contributed by atoms with Gasteiger partial charge in [-0.05, 0) is 38.0 Å². The van der Waals surface area contributed by atoms with Crippen molar-refractivity contribution in [3.05, 3.63) is 23.8 Å². The molecule has 0 aliphatic rings. The highest BCUT2D eigenvalue weighted by Crippen LogP contribution is 2.27. The zero-order valence-corrected chi connectivity index (χ0v) is 12.3. The van der Waals surface area contributed by atoms with Crippen molar-refractivity contribution in [2.75, 3.05) is 18.5 Å². The number of carbonyl (C=O) groups excluding carboxylic acids is 1. The van der Waals surface area contributed by atoms with Crippen molar-refractivity contribution < 1.29 is 27.8 Å². The van der Waals surface area contributed by atoms with E-state index >= 15 is 0 Å². The van der Waals surface area contributed by atoms with Gasteiger partial charge in [-0.15, -0.1) is 0 Å². The number of aliphatic hydroxyl groups is 1. The van der Waals surface area contributed by atoms with E-state index in [2.05, 4.69) is 10.6 Å². The first kappa shape index (κ1) is 18.1. The first-order chi connectivity index (χ1) is 10.2. The van der Waals surface area contributed by atoms with Crippen LogP contribution in [0, 0.1) is 6.92 Å². The average Bonchev–Trinajstić information content (AvgIpc) is 2.37. The molecular weight excluding hydrogens is 301 g/mol. The molecule has 1 aromatic carbocycles. The lowest BCUT2D eigenvalue weighted by atomic mass is 10.2. The Bertz CT molecular complexity index is 505. The van der Waals surface area contributed by atoms with E-state index in [0.717, 1.165) is 0 Å². The number of alkyl halides is 3. The van der Waals surface area contributed by atoms with Crippen molar-refractivity contribution in [1.29, 1.82) is 0 Å². The van der Waals surface area contributed by atoms with E-state index in [1.165, 1.54) is 12.1 Å². The second-order valence-corrected chi connectivity index (χ2v) is 4.92. The number of amides is 2. The minimum atomic E-state index is -4.46. The second-order valence-electron chi connectivity index (χ2n) is 4.92. The number of anilines is 1. The fourth-order valence-corrected chi connectivity index (χ4v) is 1.57. The quantitative estimate of drug-likeness (QED) is 0.755. The molecule has 0 fully saturated rings. The molecule has 5 nitrogen and oxygen atoms in total. The van der Waals surface area contributed by atoms with Crippen LogP contribution in [-0.4, -0.2) is 36.6 Å². The van der Waals surface area contributed by atoms with Gasteiger partial charge in [0.15, 0.2) is 6.61 Å². The highest BCUT2D eigenvalue weighted by Gasteiger charge is 2.29. The molecule has 124 valence electrons. The van der Waals surface area contributed by atoms with E-state index in [-0.39, 0.29) is 18.0 Å². The van der Waals surface area contributed by atoms with Gasteiger partial charge in [-0.1, -0.05) is 6.07 Å². The molecule has 0 aliphatic carbocycles. The van der Waals surface area contributed by atoms with Gasteiger partial charge in [-0.3, -0.25) is 0 Å². The Morgan fingerprint density at radius 3 is 2.68 bits per heavy atom. The van der Waals surface area contributed by atoms with Crippen molar-refractivity contribution >= 4 is 11.7 Å². The van der Waals surface area contributed by atoms with Gasteiger partial charge in [0.2, 0.25) is 0 Å². The Kier molecular flexibility index (Phi) is 6.48. The van der Waals surface area contributed by atoms with Crippen molar-refractivity contribution in [3.63, 3.8) is 0 Å². The van der Waals surface area contributed by atoms with Crippen LogP contribution in [0.5, 0.6) is 5.75 Å². The van der Waals surface area contributed by atoms with Gasteiger partial charge < -0.3 is 20.5 Å². The molecule has 2 amide bonds. The highest BCUT2D eigenvalue weighted by molar-refractivity contribution is 5.90. The normalized spacial score (nSPS) is 12.6. The molecule has 0 spiro atoms. The van der Waals surface area contributed by atoms with Gasteiger partial charge in [-0.2, -0.15) is 13.2 Å². The third-order valence-electron chi connectivity index (χ3n) is 2.62. The number of aliphatic hydroxyl groups excluding tert-OH is 1. The summed E-state index contributed by atoms with van der Waals surface area (Å²) in [7, 11) is 0. The van der Waals surface area contributed by atoms with Crippen LogP contribution in [0.15, 0.2) is 18.2 Å². The summed E-state index contributed by atoms with van der Waals surface area (Å²) in [5.41, 5.74) is 0.849. The number of carbonyl (C=O) groups is 1. The monoisotopic (exact) mass is 320 g/mol. The molecule has 8 heteroatoms. The van der Waals surface area contributed by atoms with Crippen LogP contribution in [0.4, 0.5) is 23.7 Å². The third kappa shape index (κ3) is 7.16. The lowest BCUT2D eigenvalue weighted by molar-refractivity contribution is -0.153. The Balaban J connectivity index is 2.67. The SMILES string of the molecule is Cc1ccc(NC(=O)NCCC(C)O)c(OCC(F)(F)F)c1. The Hall–Kier alpha value is -1.96. The molecule has 1 rings (SSSR count). The van der Waals surface area contributed by atoms with Crippen molar-refractivity contribution in [3.8, 4) is 5.75 Å². The van der Waals surface area contributed by atoms with Crippen molar-refractivity contribution in [2.24, 2.45) is 0 Å². The number of aryl methyl sites for hydroxylation is 1. The Labute approximate surface area is 126 Å². The predicted octanol–water partition coefficient (Wildman–Crippen LogP) is 2.83. The van der Waals surface area contributed by atoms with Gasteiger partial charge in [0.1, 0.15) is 5.75 Å². The number of hydrogen-bond acceptors (Lipinski definition) is 3. The van der Waals surface area contributed by atoms with Crippen LogP contribution in [0.2, 0.25) is 0 Å². The van der Waals surface area contributed by atoms with Gasteiger partial charge in [-0.25, -0.2) is 4.79 Å². The van der Waals surface area contributed by atoms with E-state index < -0.39 is 24.9 Å². The summed E-state index contributed by atoms with van der Waals surface area (Å²) in [6.45, 7) is 2.10. The summed E-state index contributed by atoms with van der Waals surface area (Å²) in [6, 6.07) is 3.94. The lowest BCUT2D eigenvalue weighted by Gasteiger charge is -2.15. The number of urea groups is 1. The molecule has 0 saturated heterocycles. The van der Waals surface area contributed by atoms with Crippen LogP contribution in [0.1, 0.15) is 18.9 Å². The summed E-state index contributed by atoms with van der Waals surface area (Å²) < 4.78 is 41.4. The molecule has 1 unspecified atom stereocenters. The largest absolute Gasteiger partial charge is 0.482 e. The number of benzene rings is 1. The Morgan fingerprint density at radius 1 is 1.41 bits per heavy atom. The summed E-state index contributed by atoms with van der Waals surface area (Å²) in [5, 5.41) is 14.0. The van der Waals surface area contributed by atoms with Gasteiger partial charge in [0.25, 0.3) is 0 Å². The molecule has 22 heavy (non-hydrogen) atoms. The van der Waals surface area contributed by atoms with E-state index in [0.29, 0.717) is 12.0 Å². The van der Waals surface area contributed by atoms with Crippen LogP contribution in [0.3, 0.4) is 0 Å². The minimum absolute atomic E-state index is 0.0528. The average molecular weight is 320 g/mol. The predicted molar refractivity (Wildman–Crippen MR) is 76.0 cm³/mol. The van der Waals surface area contributed by atoms with Crippen molar-refractivity contribution in [2.45, 2.75) is 32.5 Å². The van der Waals surface area contributed by atoms with Crippen LogP contribution >= 0.6 is 0 Å². The molecule has 0 radical (unpaired) electrons. The maximum absolute atomic E-state index is 12.2. The van der Waals surface area contributed by atoms with Crippen LogP contribution < -0.4 is 15.4 Å². The maximum atomic E-state index is 12.2. The van der Waals surface area contributed by atoms with E-state index in [1.54, 1.807) is 19.9 Å². The van der Waals surface area contributed by atoms with Gasteiger partial charge >= 0.3 is 12.2 Å².